The summed E-state index contributed by atoms with van der Waals surface area (Å²) < 4.78 is 7.37. The van der Waals surface area contributed by atoms with Crippen LogP contribution in [-0.4, -0.2) is 66.0 Å². The predicted octanol–water partition coefficient (Wildman–Crippen LogP) is 0.857. The van der Waals surface area contributed by atoms with E-state index in [4.69, 9.17) is 4.74 Å². The molecule has 2 aliphatic heterocycles. The Hall–Kier alpha value is -1.44. The van der Waals surface area contributed by atoms with Gasteiger partial charge in [0.15, 0.2) is 0 Å². The largest absolute Gasteiger partial charge is 0.378 e. The highest BCUT2D eigenvalue weighted by Crippen LogP contribution is 2.25. The molecule has 128 valence electrons. The fraction of sp³-hybridized carbons (Fsp3) is 0.750. The maximum absolute atomic E-state index is 12.3. The molecular weight excluding hydrogens is 294 g/mol. The summed E-state index contributed by atoms with van der Waals surface area (Å²) in [5.74, 6) is 0.822. The molecule has 3 heterocycles. The monoisotopic (exact) mass is 321 g/mol. The molecule has 1 atom stereocenters. The SMILES string of the molecule is CCN1CCC(n2nccc2NC(=O)CC2COCCN2)CC1. The number of anilines is 1. The minimum Gasteiger partial charge on any atom is -0.378 e. The first kappa shape index (κ1) is 16.4. The average molecular weight is 321 g/mol. The van der Waals surface area contributed by atoms with Crippen LogP contribution in [0.5, 0.6) is 0 Å². The number of carbonyl (C=O) groups excluding carboxylic acids is 1. The highest BCUT2D eigenvalue weighted by molar-refractivity contribution is 5.90. The van der Waals surface area contributed by atoms with Gasteiger partial charge in [-0.3, -0.25) is 4.79 Å². The Morgan fingerprint density at radius 2 is 2.30 bits per heavy atom. The van der Waals surface area contributed by atoms with Gasteiger partial charge < -0.3 is 20.3 Å². The van der Waals surface area contributed by atoms with Crippen molar-refractivity contribution < 1.29 is 9.53 Å². The Labute approximate surface area is 137 Å². The lowest BCUT2D eigenvalue weighted by Crippen LogP contribution is -2.43. The van der Waals surface area contributed by atoms with Crippen LogP contribution in [0.15, 0.2) is 12.3 Å². The van der Waals surface area contributed by atoms with E-state index in [0.717, 1.165) is 51.4 Å². The Bertz CT molecular complexity index is 504. The molecule has 0 aliphatic carbocycles. The summed E-state index contributed by atoms with van der Waals surface area (Å²) in [5, 5.41) is 10.8. The summed E-state index contributed by atoms with van der Waals surface area (Å²) in [7, 11) is 0. The molecule has 1 amide bonds. The average Bonchev–Trinajstić information content (AvgIpc) is 3.03. The summed E-state index contributed by atoms with van der Waals surface area (Å²) >= 11 is 0. The number of carbonyl (C=O) groups is 1. The van der Waals surface area contributed by atoms with Crippen molar-refractivity contribution in [2.24, 2.45) is 0 Å². The second-order valence-corrected chi connectivity index (χ2v) is 6.30. The third-order valence-corrected chi connectivity index (χ3v) is 4.72. The number of piperidine rings is 1. The van der Waals surface area contributed by atoms with Crippen molar-refractivity contribution in [1.82, 2.24) is 20.0 Å². The first-order chi connectivity index (χ1) is 11.3. The van der Waals surface area contributed by atoms with E-state index in [1.54, 1.807) is 6.20 Å². The van der Waals surface area contributed by atoms with Crippen LogP contribution in [0.4, 0.5) is 5.82 Å². The highest BCUT2D eigenvalue weighted by atomic mass is 16.5. The summed E-state index contributed by atoms with van der Waals surface area (Å²) in [6.07, 6.45) is 4.36. The number of rotatable bonds is 5. The highest BCUT2D eigenvalue weighted by Gasteiger charge is 2.23. The van der Waals surface area contributed by atoms with Gasteiger partial charge >= 0.3 is 0 Å². The minimum atomic E-state index is 0.0146. The molecule has 7 nitrogen and oxygen atoms in total. The lowest BCUT2D eigenvalue weighted by atomic mass is 10.1. The van der Waals surface area contributed by atoms with Crippen LogP contribution in [0, 0.1) is 0 Å². The van der Waals surface area contributed by atoms with Crippen LogP contribution in [0.1, 0.15) is 32.2 Å². The fourth-order valence-corrected chi connectivity index (χ4v) is 3.35. The minimum absolute atomic E-state index is 0.0146. The van der Waals surface area contributed by atoms with Crippen LogP contribution in [-0.2, 0) is 9.53 Å². The first-order valence-electron chi connectivity index (χ1n) is 8.63. The Morgan fingerprint density at radius 1 is 1.48 bits per heavy atom. The van der Waals surface area contributed by atoms with E-state index in [1.165, 1.54) is 0 Å². The number of hydrogen-bond donors (Lipinski definition) is 2. The van der Waals surface area contributed by atoms with Gasteiger partial charge in [-0.15, -0.1) is 0 Å². The van der Waals surface area contributed by atoms with Crippen molar-refractivity contribution in [2.75, 3.05) is 44.7 Å². The molecule has 23 heavy (non-hydrogen) atoms. The van der Waals surface area contributed by atoms with Crippen molar-refractivity contribution >= 4 is 11.7 Å². The zero-order valence-corrected chi connectivity index (χ0v) is 13.8. The van der Waals surface area contributed by atoms with Gasteiger partial charge in [-0.05, 0) is 19.4 Å². The van der Waals surface area contributed by atoms with Crippen molar-refractivity contribution in [3.63, 3.8) is 0 Å². The van der Waals surface area contributed by atoms with Crippen molar-refractivity contribution in [2.45, 2.75) is 38.3 Å². The number of nitrogens with one attached hydrogen (secondary N) is 2. The number of amides is 1. The van der Waals surface area contributed by atoms with Gasteiger partial charge in [-0.2, -0.15) is 5.10 Å². The zero-order valence-electron chi connectivity index (χ0n) is 13.8. The maximum Gasteiger partial charge on any atom is 0.227 e. The molecule has 2 aliphatic rings. The second kappa shape index (κ2) is 7.90. The molecule has 0 aromatic carbocycles. The molecule has 0 spiro atoms. The first-order valence-corrected chi connectivity index (χ1v) is 8.63. The number of hydrogen-bond acceptors (Lipinski definition) is 5. The molecule has 3 rings (SSSR count). The van der Waals surface area contributed by atoms with Crippen LogP contribution >= 0.6 is 0 Å². The summed E-state index contributed by atoms with van der Waals surface area (Å²) in [4.78, 5) is 14.7. The molecule has 0 bridgehead atoms. The second-order valence-electron chi connectivity index (χ2n) is 6.30. The van der Waals surface area contributed by atoms with Gasteiger partial charge in [0.1, 0.15) is 5.82 Å². The Balaban J connectivity index is 1.54. The summed E-state index contributed by atoms with van der Waals surface area (Å²) in [6.45, 7) is 7.62. The molecule has 7 heteroatoms. The third-order valence-electron chi connectivity index (χ3n) is 4.72. The molecule has 0 saturated carbocycles. The van der Waals surface area contributed by atoms with Gasteiger partial charge in [0.2, 0.25) is 5.91 Å². The van der Waals surface area contributed by atoms with E-state index in [2.05, 4.69) is 27.6 Å². The van der Waals surface area contributed by atoms with Crippen molar-refractivity contribution in [1.29, 1.82) is 0 Å². The van der Waals surface area contributed by atoms with Crippen LogP contribution in [0.2, 0.25) is 0 Å². The number of aromatic nitrogens is 2. The topological polar surface area (TPSA) is 71.4 Å². The smallest absolute Gasteiger partial charge is 0.227 e. The maximum atomic E-state index is 12.3. The Kier molecular flexibility index (Phi) is 5.64. The molecular formula is C16H27N5O2. The molecule has 1 aromatic heterocycles. The fourth-order valence-electron chi connectivity index (χ4n) is 3.35. The van der Waals surface area contributed by atoms with E-state index in [1.807, 2.05) is 10.7 Å². The summed E-state index contributed by atoms with van der Waals surface area (Å²) in [5.41, 5.74) is 0. The normalized spacial score (nSPS) is 23.8. The number of likely N-dealkylation sites (tertiary alicyclic amines) is 1. The molecule has 1 aromatic rings. The summed E-state index contributed by atoms with van der Waals surface area (Å²) in [6, 6.07) is 2.36. The van der Waals surface area contributed by atoms with E-state index in [9.17, 15) is 4.79 Å². The van der Waals surface area contributed by atoms with Crippen LogP contribution in [0.25, 0.3) is 0 Å². The number of morpholine rings is 1. The number of nitrogens with zero attached hydrogens (tertiary/aromatic N) is 3. The van der Waals surface area contributed by atoms with Crippen LogP contribution < -0.4 is 10.6 Å². The molecule has 2 fully saturated rings. The standard InChI is InChI=1S/C16H27N5O2/c1-2-20-8-4-14(5-9-20)21-15(3-6-18-21)19-16(22)11-13-12-23-10-7-17-13/h3,6,13-14,17H,2,4-5,7-12H2,1H3,(H,19,22). The zero-order chi connectivity index (χ0) is 16.1. The lowest BCUT2D eigenvalue weighted by molar-refractivity contribution is -0.117. The number of ether oxygens (including phenoxy) is 1. The van der Waals surface area contributed by atoms with E-state index in [-0.39, 0.29) is 11.9 Å². The van der Waals surface area contributed by atoms with E-state index < -0.39 is 0 Å². The molecule has 1 unspecified atom stereocenters. The van der Waals surface area contributed by atoms with E-state index >= 15 is 0 Å². The quantitative estimate of drug-likeness (QED) is 0.841. The van der Waals surface area contributed by atoms with Gasteiger partial charge in [0.05, 0.1) is 25.5 Å². The van der Waals surface area contributed by atoms with E-state index in [0.29, 0.717) is 19.1 Å². The van der Waals surface area contributed by atoms with Crippen molar-refractivity contribution in [3.8, 4) is 0 Å². The lowest BCUT2D eigenvalue weighted by Gasteiger charge is -2.31. The molecule has 2 N–H and O–H groups in total. The van der Waals surface area contributed by atoms with Gasteiger partial charge in [-0.25, -0.2) is 4.68 Å². The van der Waals surface area contributed by atoms with Crippen molar-refractivity contribution in [3.05, 3.63) is 12.3 Å². The molecule has 0 radical (unpaired) electrons. The van der Waals surface area contributed by atoms with Crippen LogP contribution in [0.3, 0.4) is 0 Å². The predicted molar refractivity (Wildman–Crippen MR) is 88.5 cm³/mol. The molecule has 2 saturated heterocycles. The van der Waals surface area contributed by atoms with Gasteiger partial charge in [0.25, 0.3) is 0 Å². The Morgan fingerprint density at radius 3 is 3.00 bits per heavy atom. The van der Waals surface area contributed by atoms with Gasteiger partial charge in [0, 0.05) is 38.2 Å². The van der Waals surface area contributed by atoms with Gasteiger partial charge in [-0.1, -0.05) is 6.92 Å². The third kappa shape index (κ3) is 4.31.